The van der Waals surface area contributed by atoms with Gasteiger partial charge in [0.05, 0.1) is 23.0 Å². The average molecular weight is 347 g/mol. The van der Waals surface area contributed by atoms with Crippen molar-refractivity contribution in [1.29, 1.82) is 0 Å². The normalized spacial score (nSPS) is 21.0. The van der Waals surface area contributed by atoms with Crippen LogP contribution in [0.15, 0.2) is 48.5 Å². The largest absolute Gasteiger partial charge is 0.416 e. The van der Waals surface area contributed by atoms with E-state index in [1.54, 1.807) is 12.1 Å². The van der Waals surface area contributed by atoms with Crippen LogP contribution >= 0.6 is 0 Å². The highest BCUT2D eigenvalue weighted by molar-refractivity contribution is 5.80. The highest BCUT2D eigenvalue weighted by Crippen LogP contribution is 2.41. The molecule has 1 fully saturated rings. The Kier molecular flexibility index (Phi) is 3.87. The van der Waals surface area contributed by atoms with Gasteiger partial charge in [-0.2, -0.15) is 13.2 Å². The Bertz CT molecular complexity index is 757. The van der Waals surface area contributed by atoms with Crippen molar-refractivity contribution < 1.29 is 13.2 Å². The lowest BCUT2D eigenvalue weighted by atomic mass is 10.0. The standard InChI is InChI=1S/C19H20F3N3/c1-23-10-11-24-16(12-23)13-25(18-5-3-2-4-17(18)24)15-8-6-14(7-9-15)19(20,21)22/h2-9,16H,10-13H2,1H3. The number of fused-ring (bicyclic) bond motifs is 3. The van der Waals surface area contributed by atoms with Crippen LogP contribution in [-0.2, 0) is 6.18 Å². The third-order valence-electron chi connectivity index (χ3n) is 5.07. The Balaban J connectivity index is 1.71. The number of para-hydroxylation sites is 2. The van der Waals surface area contributed by atoms with Crippen molar-refractivity contribution in [2.45, 2.75) is 12.2 Å². The summed E-state index contributed by atoms with van der Waals surface area (Å²) >= 11 is 0. The fourth-order valence-corrected chi connectivity index (χ4v) is 3.80. The molecule has 1 atom stereocenters. The highest BCUT2D eigenvalue weighted by atomic mass is 19.4. The van der Waals surface area contributed by atoms with E-state index in [2.05, 4.69) is 27.8 Å². The molecule has 2 aromatic rings. The first-order valence-electron chi connectivity index (χ1n) is 8.42. The molecule has 4 rings (SSSR count). The van der Waals surface area contributed by atoms with Gasteiger partial charge in [0.2, 0.25) is 0 Å². The first-order chi connectivity index (χ1) is 11.9. The van der Waals surface area contributed by atoms with Crippen LogP contribution in [0, 0.1) is 0 Å². The van der Waals surface area contributed by atoms with Gasteiger partial charge in [-0.05, 0) is 43.4 Å². The van der Waals surface area contributed by atoms with E-state index in [-0.39, 0.29) is 0 Å². The highest BCUT2D eigenvalue weighted by Gasteiger charge is 2.35. The number of benzene rings is 2. The minimum absolute atomic E-state index is 0.330. The molecule has 3 nitrogen and oxygen atoms in total. The van der Waals surface area contributed by atoms with Gasteiger partial charge in [0.1, 0.15) is 0 Å². The number of hydrogen-bond donors (Lipinski definition) is 0. The summed E-state index contributed by atoms with van der Waals surface area (Å²) in [6.45, 7) is 3.71. The first kappa shape index (κ1) is 16.3. The van der Waals surface area contributed by atoms with Crippen molar-refractivity contribution in [3.05, 3.63) is 54.1 Å². The minimum atomic E-state index is -4.30. The number of piperazine rings is 1. The van der Waals surface area contributed by atoms with E-state index < -0.39 is 11.7 Å². The molecular weight excluding hydrogens is 327 g/mol. The van der Waals surface area contributed by atoms with E-state index in [4.69, 9.17) is 0 Å². The molecule has 2 heterocycles. The summed E-state index contributed by atoms with van der Waals surface area (Å²) in [5.41, 5.74) is 2.41. The molecule has 0 aliphatic carbocycles. The van der Waals surface area contributed by atoms with Crippen LogP contribution in [0.25, 0.3) is 0 Å². The van der Waals surface area contributed by atoms with Crippen LogP contribution in [0.3, 0.4) is 0 Å². The number of alkyl halides is 3. The maximum absolute atomic E-state index is 12.8. The molecule has 0 N–H and O–H groups in total. The van der Waals surface area contributed by atoms with Crippen LogP contribution < -0.4 is 9.80 Å². The molecular formula is C19H20F3N3. The lowest BCUT2D eigenvalue weighted by Gasteiger charge is -2.49. The van der Waals surface area contributed by atoms with E-state index >= 15 is 0 Å². The summed E-state index contributed by atoms with van der Waals surface area (Å²) in [5, 5.41) is 0. The van der Waals surface area contributed by atoms with Gasteiger partial charge in [0, 0.05) is 31.9 Å². The van der Waals surface area contributed by atoms with Gasteiger partial charge in [-0.3, -0.25) is 0 Å². The number of anilines is 3. The number of halogens is 3. The fraction of sp³-hybridized carbons (Fsp3) is 0.368. The summed E-state index contributed by atoms with van der Waals surface area (Å²) in [6, 6.07) is 13.9. The van der Waals surface area contributed by atoms with Gasteiger partial charge in [-0.15, -0.1) is 0 Å². The van der Waals surface area contributed by atoms with Crippen LogP contribution in [0.4, 0.5) is 30.2 Å². The van der Waals surface area contributed by atoms with E-state index in [0.717, 1.165) is 55.4 Å². The van der Waals surface area contributed by atoms with E-state index in [9.17, 15) is 13.2 Å². The summed E-state index contributed by atoms with van der Waals surface area (Å²) in [4.78, 5) is 6.87. The van der Waals surface area contributed by atoms with Gasteiger partial charge in [-0.1, -0.05) is 12.1 Å². The Morgan fingerprint density at radius 2 is 1.56 bits per heavy atom. The van der Waals surface area contributed by atoms with Gasteiger partial charge in [-0.25, -0.2) is 0 Å². The topological polar surface area (TPSA) is 9.72 Å². The van der Waals surface area contributed by atoms with E-state index in [1.165, 1.54) is 0 Å². The first-order valence-corrected chi connectivity index (χ1v) is 8.42. The number of nitrogens with zero attached hydrogens (tertiary/aromatic N) is 3. The summed E-state index contributed by atoms with van der Waals surface area (Å²) in [5.74, 6) is 0. The van der Waals surface area contributed by atoms with Crippen LogP contribution in [0.2, 0.25) is 0 Å². The molecule has 0 saturated carbocycles. The molecule has 1 unspecified atom stereocenters. The molecule has 0 spiro atoms. The second kappa shape index (κ2) is 5.95. The van der Waals surface area contributed by atoms with Crippen molar-refractivity contribution in [2.75, 3.05) is 43.0 Å². The Labute approximate surface area is 145 Å². The second-order valence-electron chi connectivity index (χ2n) is 6.75. The quantitative estimate of drug-likeness (QED) is 0.773. The molecule has 0 radical (unpaired) electrons. The number of likely N-dealkylation sites (N-methyl/N-ethyl adjacent to an activating group) is 1. The zero-order chi connectivity index (χ0) is 17.6. The van der Waals surface area contributed by atoms with E-state index in [1.807, 2.05) is 18.2 Å². The van der Waals surface area contributed by atoms with Gasteiger partial charge in [0.15, 0.2) is 0 Å². The summed E-state index contributed by atoms with van der Waals surface area (Å²) < 4.78 is 38.5. The lowest BCUT2D eigenvalue weighted by Crippen LogP contribution is -2.58. The average Bonchev–Trinajstić information content (AvgIpc) is 2.60. The Morgan fingerprint density at radius 1 is 0.880 bits per heavy atom. The molecule has 0 bridgehead atoms. The molecule has 2 aromatic carbocycles. The molecule has 0 amide bonds. The van der Waals surface area contributed by atoms with Crippen LogP contribution in [0.1, 0.15) is 5.56 Å². The number of hydrogen-bond acceptors (Lipinski definition) is 3. The molecule has 132 valence electrons. The van der Waals surface area contributed by atoms with Crippen molar-refractivity contribution >= 4 is 17.1 Å². The fourth-order valence-electron chi connectivity index (χ4n) is 3.80. The third kappa shape index (κ3) is 2.95. The van der Waals surface area contributed by atoms with Gasteiger partial charge < -0.3 is 14.7 Å². The Morgan fingerprint density at radius 3 is 2.24 bits per heavy atom. The molecule has 2 aliphatic heterocycles. The molecule has 0 aromatic heterocycles. The zero-order valence-electron chi connectivity index (χ0n) is 14.0. The van der Waals surface area contributed by atoms with Crippen molar-refractivity contribution in [2.24, 2.45) is 0 Å². The van der Waals surface area contributed by atoms with Gasteiger partial charge >= 0.3 is 6.18 Å². The molecule has 2 aliphatic rings. The number of rotatable bonds is 1. The maximum Gasteiger partial charge on any atom is 0.416 e. The van der Waals surface area contributed by atoms with Crippen LogP contribution in [0.5, 0.6) is 0 Å². The summed E-state index contributed by atoms with van der Waals surface area (Å²) in [7, 11) is 2.11. The van der Waals surface area contributed by atoms with Crippen LogP contribution in [-0.4, -0.2) is 44.2 Å². The van der Waals surface area contributed by atoms with Gasteiger partial charge in [0.25, 0.3) is 0 Å². The Hall–Kier alpha value is -2.21. The van der Waals surface area contributed by atoms with Crippen molar-refractivity contribution in [1.82, 2.24) is 4.90 Å². The van der Waals surface area contributed by atoms with Crippen molar-refractivity contribution in [3.8, 4) is 0 Å². The predicted octanol–water partition coefficient (Wildman–Crippen LogP) is 3.98. The third-order valence-corrected chi connectivity index (χ3v) is 5.07. The minimum Gasteiger partial charge on any atom is -0.362 e. The smallest absolute Gasteiger partial charge is 0.362 e. The molecule has 1 saturated heterocycles. The predicted molar refractivity (Wildman–Crippen MR) is 93.5 cm³/mol. The molecule has 6 heteroatoms. The van der Waals surface area contributed by atoms with E-state index in [0.29, 0.717) is 6.04 Å². The summed E-state index contributed by atoms with van der Waals surface area (Å²) in [6.07, 6.45) is -4.30. The SMILES string of the molecule is CN1CCN2c3ccccc3N(c3ccc(C(F)(F)F)cc3)CC2C1. The monoisotopic (exact) mass is 347 g/mol. The zero-order valence-corrected chi connectivity index (χ0v) is 14.0. The lowest BCUT2D eigenvalue weighted by molar-refractivity contribution is -0.137. The second-order valence-corrected chi connectivity index (χ2v) is 6.75. The van der Waals surface area contributed by atoms with Crippen molar-refractivity contribution in [3.63, 3.8) is 0 Å². The maximum atomic E-state index is 12.8. The molecule has 25 heavy (non-hydrogen) atoms.